The van der Waals surface area contributed by atoms with Crippen molar-refractivity contribution in [2.75, 3.05) is 19.1 Å². The lowest BCUT2D eigenvalue weighted by Gasteiger charge is -2.22. The number of hydrogen-bond acceptors (Lipinski definition) is 8. The SMILES string of the molecule is O=P(O)(O)CP(=O)(O)OP(=S)(S)OC[C@H]1OCC(O)[C@H]1O. The van der Waals surface area contributed by atoms with Gasteiger partial charge in [0.1, 0.15) is 18.3 Å². The summed E-state index contributed by atoms with van der Waals surface area (Å²) in [4.78, 5) is 26.6. The molecule has 3 unspecified atom stereocenters. The molecule has 1 fully saturated rings. The summed E-state index contributed by atoms with van der Waals surface area (Å²) in [5, 5.41) is 18.7. The van der Waals surface area contributed by atoms with Gasteiger partial charge in [-0.05, 0) is 11.8 Å². The van der Waals surface area contributed by atoms with Crippen molar-refractivity contribution in [1.82, 2.24) is 0 Å². The first-order valence-electron chi connectivity index (χ1n) is 5.34. The van der Waals surface area contributed by atoms with Gasteiger partial charge in [-0.25, -0.2) is 4.31 Å². The lowest BCUT2D eigenvalue weighted by atomic mass is 10.2. The average Bonchev–Trinajstić information content (AvgIpc) is 2.52. The maximum atomic E-state index is 11.5. The third-order valence-electron chi connectivity index (χ3n) is 2.25. The molecule has 0 radical (unpaired) electrons. The Balaban J connectivity index is 2.56. The molecule has 0 bridgehead atoms. The lowest BCUT2D eigenvalue weighted by Crippen LogP contribution is -2.32. The summed E-state index contributed by atoms with van der Waals surface area (Å²) in [5.74, 6) is -1.41. The smallest absolute Gasteiger partial charge is 0.346 e. The number of aliphatic hydroxyl groups excluding tert-OH is 2. The minimum Gasteiger partial charge on any atom is -0.388 e. The monoisotopic (exact) mass is 404 g/mol. The molecule has 1 saturated heterocycles. The van der Waals surface area contributed by atoms with Crippen LogP contribution in [0.5, 0.6) is 0 Å². The zero-order valence-electron chi connectivity index (χ0n) is 10.3. The fourth-order valence-corrected chi connectivity index (χ4v) is 8.12. The fourth-order valence-electron chi connectivity index (χ4n) is 1.42. The summed E-state index contributed by atoms with van der Waals surface area (Å²) in [6, 6.07) is 0. The Kier molecular flexibility index (Phi) is 7.07. The van der Waals surface area contributed by atoms with Crippen LogP contribution >= 0.6 is 33.1 Å². The van der Waals surface area contributed by atoms with Gasteiger partial charge in [-0.2, -0.15) is 0 Å². The molecular formula is C6H15O10P3S2. The quantitative estimate of drug-likeness (QED) is 0.242. The van der Waals surface area contributed by atoms with E-state index in [9.17, 15) is 24.2 Å². The Bertz CT molecular complexity index is 507. The zero-order valence-corrected chi connectivity index (χ0v) is 14.7. The molecule has 1 rings (SSSR count). The van der Waals surface area contributed by atoms with Crippen LogP contribution in [0.3, 0.4) is 0 Å². The van der Waals surface area contributed by atoms with Crippen LogP contribution in [0.2, 0.25) is 0 Å². The van der Waals surface area contributed by atoms with Gasteiger partial charge in [0.15, 0.2) is 5.90 Å². The molecule has 126 valence electrons. The second-order valence-electron chi connectivity index (χ2n) is 4.22. The van der Waals surface area contributed by atoms with Gasteiger partial charge in [-0.15, -0.1) is 0 Å². The van der Waals surface area contributed by atoms with Crippen LogP contribution in [0.4, 0.5) is 0 Å². The largest absolute Gasteiger partial charge is 0.388 e. The third-order valence-corrected chi connectivity index (χ3v) is 9.40. The van der Waals surface area contributed by atoms with Crippen molar-refractivity contribution in [3.8, 4) is 0 Å². The van der Waals surface area contributed by atoms with Crippen LogP contribution in [0.1, 0.15) is 0 Å². The van der Waals surface area contributed by atoms with Crippen molar-refractivity contribution in [3.05, 3.63) is 0 Å². The molecule has 0 amide bonds. The molecule has 0 aromatic heterocycles. The molecule has 0 aromatic rings. The van der Waals surface area contributed by atoms with Gasteiger partial charge in [-0.3, -0.25) is 9.13 Å². The van der Waals surface area contributed by atoms with E-state index in [-0.39, 0.29) is 13.2 Å². The third kappa shape index (κ3) is 7.50. The highest BCUT2D eigenvalue weighted by Gasteiger charge is 2.38. The van der Waals surface area contributed by atoms with E-state index in [1.165, 1.54) is 0 Å². The molecule has 1 aliphatic rings. The number of thiol groups is 1. The van der Waals surface area contributed by atoms with Gasteiger partial charge in [0.05, 0.1) is 13.2 Å². The van der Waals surface area contributed by atoms with Gasteiger partial charge < -0.3 is 34.2 Å². The van der Waals surface area contributed by atoms with Crippen molar-refractivity contribution in [2.45, 2.75) is 18.3 Å². The fraction of sp³-hybridized carbons (Fsp3) is 1.00. The number of rotatable bonds is 7. The van der Waals surface area contributed by atoms with Crippen LogP contribution in [-0.2, 0) is 34.5 Å². The standard InChI is InChI=1S/C6H15O10P3S2/c7-4-1-14-5(6(4)8)2-15-19(20,21)16-18(12,13)3-17(9,10)11/h4-8H,1-3H2,(H,12,13)(H,20,21)(H2,9,10,11)/t4?,5-,6-/m1/s1. The molecule has 0 aliphatic carbocycles. The predicted octanol–water partition coefficient (Wildman–Crippen LogP) is -0.385. The summed E-state index contributed by atoms with van der Waals surface area (Å²) in [6.07, 6.45) is -3.22. The molecular weight excluding hydrogens is 389 g/mol. The number of hydrogen-bond donors (Lipinski definition) is 6. The summed E-state index contributed by atoms with van der Waals surface area (Å²) >= 11 is 8.48. The van der Waals surface area contributed by atoms with E-state index in [0.717, 1.165) is 0 Å². The minimum atomic E-state index is -4.78. The summed E-state index contributed by atoms with van der Waals surface area (Å²) in [5.41, 5.74) is -3.60. The molecule has 21 heavy (non-hydrogen) atoms. The molecule has 1 aliphatic heterocycles. The second kappa shape index (κ2) is 7.36. The molecule has 0 saturated carbocycles. The van der Waals surface area contributed by atoms with Gasteiger partial charge in [-0.1, -0.05) is 12.2 Å². The average molecular weight is 404 g/mol. The number of ether oxygens (including phenoxy) is 1. The van der Waals surface area contributed by atoms with Gasteiger partial charge >= 0.3 is 15.2 Å². The van der Waals surface area contributed by atoms with Crippen LogP contribution in [0.25, 0.3) is 0 Å². The van der Waals surface area contributed by atoms with E-state index in [4.69, 9.17) is 30.9 Å². The highest BCUT2D eigenvalue weighted by atomic mass is 32.9. The van der Waals surface area contributed by atoms with E-state index in [0.29, 0.717) is 0 Å². The Hall–Kier alpha value is 1.14. The topological polar surface area (TPSA) is 163 Å². The Labute approximate surface area is 130 Å². The summed E-state index contributed by atoms with van der Waals surface area (Å²) in [7, 11) is -9.48. The van der Waals surface area contributed by atoms with Gasteiger partial charge in [0, 0.05) is 0 Å². The molecule has 10 nitrogen and oxygen atoms in total. The summed E-state index contributed by atoms with van der Waals surface area (Å²) < 4.78 is 36.7. The lowest BCUT2D eigenvalue weighted by molar-refractivity contribution is 0.00104. The zero-order chi connectivity index (χ0) is 16.5. The first-order chi connectivity index (χ1) is 9.31. The first-order valence-corrected chi connectivity index (χ1v) is 12.7. The van der Waals surface area contributed by atoms with Crippen molar-refractivity contribution in [1.29, 1.82) is 0 Å². The highest BCUT2D eigenvalue weighted by Crippen LogP contribution is 2.68. The second-order valence-corrected chi connectivity index (χ2v) is 13.6. The van der Waals surface area contributed by atoms with Crippen LogP contribution in [0, 0.1) is 0 Å². The highest BCUT2D eigenvalue weighted by molar-refractivity contribution is 8.60. The van der Waals surface area contributed by atoms with E-state index < -0.39 is 45.1 Å². The molecule has 1 heterocycles. The first kappa shape index (κ1) is 20.2. The normalized spacial score (nSPS) is 32.6. The maximum Gasteiger partial charge on any atom is 0.346 e. The predicted molar refractivity (Wildman–Crippen MR) is 78.8 cm³/mol. The van der Waals surface area contributed by atoms with Crippen molar-refractivity contribution in [2.24, 2.45) is 0 Å². The maximum absolute atomic E-state index is 11.5. The van der Waals surface area contributed by atoms with E-state index in [1.807, 2.05) is 0 Å². The van der Waals surface area contributed by atoms with Crippen molar-refractivity contribution < 1.29 is 47.6 Å². The van der Waals surface area contributed by atoms with Crippen molar-refractivity contribution >= 4 is 44.9 Å². The Morgan fingerprint density at radius 1 is 1.29 bits per heavy atom. The van der Waals surface area contributed by atoms with Crippen LogP contribution < -0.4 is 0 Å². The van der Waals surface area contributed by atoms with E-state index in [2.05, 4.69) is 16.6 Å². The summed E-state index contributed by atoms with van der Waals surface area (Å²) in [6.45, 7) is -0.475. The Morgan fingerprint density at radius 3 is 2.29 bits per heavy atom. The van der Waals surface area contributed by atoms with Crippen LogP contribution in [-0.4, -0.2) is 62.3 Å². The molecule has 5 N–H and O–H groups in total. The van der Waals surface area contributed by atoms with E-state index >= 15 is 0 Å². The molecule has 0 spiro atoms. The van der Waals surface area contributed by atoms with E-state index in [1.54, 1.807) is 0 Å². The molecule has 5 atom stereocenters. The van der Waals surface area contributed by atoms with Gasteiger partial charge in [0.25, 0.3) is 5.69 Å². The Morgan fingerprint density at radius 2 is 1.86 bits per heavy atom. The number of aliphatic hydroxyl groups is 2. The molecule has 15 heteroatoms. The van der Waals surface area contributed by atoms with Crippen LogP contribution in [0.15, 0.2) is 0 Å². The molecule has 0 aromatic carbocycles. The van der Waals surface area contributed by atoms with Crippen molar-refractivity contribution in [3.63, 3.8) is 0 Å². The van der Waals surface area contributed by atoms with Gasteiger partial charge in [0.2, 0.25) is 0 Å². The minimum absolute atomic E-state index is 0.109.